The summed E-state index contributed by atoms with van der Waals surface area (Å²) in [7, 11) is 1.53. The average Bonchev–Trinajstić information content (AvgIpc) is 3.71. The molecule has 4 aromatic heterocycles. The quantitative estimate of drug-likeness (QED) is 0.243. The first kappa shape index (κ1) is 26.3. The van der Waals surface area contributed by atoms with Gasteiger partial charge < -0.3 is 9.30 Å². The zero-order valence-electron chi connectivity index (χ0n) is 22.7. The van der Waals surface area contributed by atoms with Crippen LogP contribution >= 0.6 is 0 Å². The number of methoxy groups -OCH3 is 1. The van der Waals surface area contributed by atoms with Crippen LogP contribution in [0.5, 0.6) is 5.88 Å². The van der Waals surface area contributed by atoms with E-state index in [1.54, 1.807) is 45.7 Å². The maximum atomic E-state index is 13.5. The average molecular weight is 574 g/mol. The number of nitrogens with zero attached hydrogens (tertiary/aromatic N) is 7. The fourth-order valence-corrected chi connectivity index (χ4v) is 5.39. The smallest absolute Gasteiger partial charge is 0.434 e. The molecule has 0 aliphatic heterocycles. The molecule has 42 heavy (non-hydrogen) atoms. The number of ether oxygens (including phenoxy) is 1. The molecule has 5 aromatic rings. The van der Waals surface area contributed by atoms with Crippen molar-refractivity contribution in [1.82, 2.24) is 34.1 Å². The van der Waals surface area contributed by atoms with Crippen LogP contribution in [0.15, 0.2) is 59.9 Å². The van der Waals surface area contributed by atoms with E-state index in [1.807, 2.05) is 0 Å². The number of pyridine rings is 1. The number of hydrogen-bond donors (Lipinski definition) is 0. The van der Waals surface area contributed by atoms with Gasteiger partial charge in [0.1, 0.15) is 23.4 Å². The van der Waals surface area contributed by atoms with Gasteiger partial charge in [-0.15, -0.1) is 0 Å². The van der Waals surface area contributed by atoms with Gasteiger partial charge in [0, 0.05) is 41.4 Å². The van der Waals surface area contributed by atoms with Crippen molar-refractivity contribution < 1.29 is 17.9 Å². The topological polar surface area (TPSA) is 101 Å². The van der Waals surface area contributed by atoms with E-state index in [0.29, 0.717) is 45.6 Å². The Morgan fingerprint density at radius 3 is 2.43 bits per heavy atom. The Balaban J connectivity index is 1.25. The van der Waals surface area contributed by atoms with Crippen molar-refractivity contribution in [2.75, 3.05) is 7.11 Å². The van der Waals surface area contributed by atoms with Crippen molar-refractivity contribution in [2.45, 2.75) is 56.8 Å². The van der Waals surface area contributed by atoms with Gasteiger partial charge in [0.2, 0.25) is 5.88 Å². The van der Waals surface area contributed by atoms with E-state index in [2.05, 4.69) is 19.9 Å². The third-order valence-corrected chi connectivity index (χ3v) is 7.99. The number of fused-ring (bicyclic) bond motifs is 1. The van der Waals surface area contributed by atoms with Gasteiger partial charge in [0.05, 0.1) is 19.3 Å². The molecule has 0 N–H and O–H groups in total. The lowest BCUT2D eigenvalue weighted by atomic mass is 9.92. The summed E-state index contributed by atoms with van der Waals surface area (Å²) in [5, 5.41) is 0.681. The van der Waals surface area contributed by atoms with Crippen LogP contribution in [-0.2, 0) is 12.7 Å². The summed E-state index contributed by atoms with van der Waals surface area (Å²) >= 11 is 0. The van der Waals surface area contributed by atoms with Crippen molar-refractivity contribution in [3.05, 3.63) is 82.4 Å². The number of alkyl halides is 3. The summed E-state index contributed by atoms with van der Waals surface area (Å²) < 4.78 is 49.1. The van der Waals surface area contributed by atoms with E-state index < -0.39 is 11.9 Å². The van der Waals surface area contributed by atoms with Gasteiger partial charge >= 0.3 is 6.18 Å². The highest BCUT2D eigenvalue weighted by Crippen LogP contribution is 2.45. The van der Waals surface area contributed by atoms with Crippen molar-refractivity contribution in [2.24, 2.45) is 0 Å². The van der Waals surface area contributed by atoms with E-state index in [-0.39, 0.29) is 18.1 Å². The fourth-order valence-electron chi connectivity index (χ4n) is 5.39. The molecule has 214 valence electrons. The van der Waals surface area contributed by atoms with Gasteiger partial charge in [-0.05, 0) is 43.7 Å². The minimum atomic E-state index is -4.52. The predicted octanol–water partition coefficient (Wildman–Crippen LogP) is 5.79. The maximum absolute atomic E-state index is 13.5. The van der Waals surface area contributed by atoms with E-state index >= 15 is 0 Å². The highest BCUT2D eigenvalue weighted by atomic mass is 19.4. The number of hydrogen-bond acceptors (Lipinski definition) is 7. The normalized spacial score (nSPS) is 15.6. The Morgan fingerprint density at radius 1 is 0.976 bits per heavy atom. The molecule has 0 saturated heterocycles. The van der Waals surface area contributed by atoms with Crippen LogP contribution in [0.2, 0.25) is 0 Å². The molecule has 2 aliphatic carbocycles. The van der Waals surface area contributed by atoms with Crippen LogP contribution in [0.3, 0.4) is 0 Å². The number of imidazole rings is 1. The molecule has 2 fully saturated rings. The fraction of sp³-hybridized carbons (Fsp3) is 0.333. The summed E-state index contributed by atoms with van der Waals surface area (Å²) in [6, 6.07) is 10.3. The van der Waals surface area contributed by atoms with Gasteiger partial charge in [-0.3, -0.25) is 9.36 Å². The predicted molar refractivity (Wildman–Crippen MR) is 148 cm³/mol. The molecule has 1 aromatic carbocycles. The highest BCUT2D eigenvalue weighted by molar-refractivity contribution is 5.78. The highest BCUT2D eigenvalue weighted by Gasteiger charge is 2.36. The van der Waals surface area contributed by atoms with Crippen molar-refractivity contribution in [1.29, 1.82) is 0 Å². The van der Waals surface area contributed by atoms with E-state index in [9.17, 15) is 18.0 Å². The zero-order chi connectivity index (χ0) is 29.0. The molecule has 2 saturated carbocycles. The van der Waals surface area contributed by atoms with Crippen LogP contribution in [0, 0.1) is 0 Å². The first-order valence-electron chi connectivity index (χ1n) is 13.8. The van der Waals surface area contributed by atoms with Crippen molar-refractivity contribution in [3.63, 3.8) is 0 Å². The Kier molecular flexibility index (Phi) is 6.28. The number of rotatable bonds is 7. The Labute approximate surface area is 238 Å². The summed E-state index contributed by atoms with van der Waals surface area (Å²) in [4.78, 5) is 35.1. The molecule has 2 aliphatic rings. The Morgan fingerprint density at radius 2 is 1.76 bits per heavy atom. The van der Waals surface area contributed by atoms with Gasteiger partial charge in [0.25, 0.3) is 5.56 Å². The maximum Gasteiger partial charge on any atom is 0.434 e. The molecule has 7 rings (SSSR count). The lowest BCUT2D eigenvalue weighted by molar-refractivity contribution is -0.140. The summed E-state index contributed by atoms with van der Waals surface area (Å²) in [5.74, 6) is 1.34. The standard InChI is InChI=1S/C30H26F3N7O2/c1-42-29-24(25(18-9-10-18)35-16-36-29)26-34-13-20-11-12-23(41)40(28(20)38-26)14-17-5-7-19(8-6-17)27-37-22(30(31,32)33)15-39(27)21-3-2-4-21/h5-8,11-13,15-16,18,21H,2-4,9-10,14H2,1H3. The summed E-state index contributed by atoms with van der Waals surface area (Å²) in [5.41, 5.74) is 2.12. The molecule has 0 atom stereocenters. The van der Waals surface area contributed by atoms with E-state index in [0.717, 1.165) is 49.6 Å². The second kappa shape index (κ2) is 10.0. The van der Waals surface area contributed by atoms with Crippen molar-refractivity contribution >= 4 is 11.0 Å². The molecule has 0 bridgehead atoms. The molecular formula is C30H26F3N7O2. The number of aromatic nitrogens is 7. The lowest BCUT2D eigenvalue weighted by Gasteiger charge is -2.28. The summed E-state index contributed by atoms with van der Waals surface area (Å²) in [6.07, 6.45) is 4.40. The molecular weight excluding hydrogens is 547 g/mol. The molecule has 12 heteroatoms. The minimum absolute atomic E-state index is 0.0143. The Hall–Kier alpha value is -4.61. The van der Waals surface area contributed by atoms with Crippen LogP contribution in [0.4, 0.5) is 13.2 Å². The minimum Gasteiger partial charge on any atom is -0.480 e. The Bertz CT molecular complexity index is 1860. The van der Waals surface area contributed by atoms with Crippen LogP contribution in [0.25, 0.3) is 33.8 Å². The molecule has 0 amide bonds. The zero-order valence-corrected chi connectivity index (χ0v) is 22.7. The van der Waals surface area contributed by atoms with Crippen LogP contribution in [0.1, 0.15) is 61.0 Å². The first-order chi connectivity index (χ1) is 20.3. The third kappa shape index (κ3) is 4.70. The van der Waals surface area contributed by atoms with Gasteiger partial charge in [-0.25, -0.2) is 24.9 Å². The molecule has 0 radical (unpaired) electrons. The van der Waals surface area contributed by atoms with Gasteiger partial charge in [0.15, 0.2) is 11.5 Å². The summed E-state index contributed by atoms with van der Waals surface area (Å²) in [6.45, 7) is 0.204. The number of benzene rings is 1. The molecule has 9 nitrogen and oxygen atoms in total. The first-order valence-corrected chi connectivity index (χ1v) is 13.8. The lowest BCUT2D eigenvalue weighted by Crippen LogP contribution is -2.21. The molecule has 0 unspecified atom stereocenters. The van der Waals surface area contributed by atoms with E-state index in [4.69, 9.17) is 9.72 Å². The molecule has 0 spiro atoms. The van der Waals surface area contributed by atoms with Crippen LogP contribution < -0.4 is 10.3 Å². The van der Waals surface area contributed by atoms with Crippen LogP contribution in [-0.4, -0.2) is 41.2 Å². The number of halogens is 3. The van der Waals surface area contributed by atoms with E-state index in [1.165, 1.54) is 19.5 Å². The molecule has 4 heterocycles. The van der Waals surface area contributed by atoms with Gasteiger partial charge in [-0.1, -0.05) is 24.3 Å². The SMILES string of the molecule is COc1ncnc(C2CC2)c1-c1ncc2ccc(=O)n(Cc3ccc(-c4nc(C(F)(F)F)cn4C4CCC4)cc3)c2n1. The van der Waals surface area contributed by atoms with Gasteiger partial charge in [-0.2, -0.15) is 13.2 Å². The monoisotopic (exact) mass is 573 g/mol. The second-order valence-electron chi connectivity index (χ2n) is 10.8. The second-order valence-corrected chi connectivity index (χ2v) is 10.8. The third-order valence-electron chi connectivity index (χ3n) is 7.99. The van der Waals surface area contributed by atoms with Crippen molar-refractivity contribution in [3.8, 4) is 28.7 Å². The largest absolute Gasteiger partial charge is 0.480 e.